The van der Waals surface area contributed by atoms with Crippen LogP contribution < -0.4 is 9.47 Å². The van der Waals surface area contributed by atoms with Gasteiger partial charge in [-0.1, -0.05) is 19.9 Å². The average molecular weight is 270 g/mol. The van der Waals surface area contributed by atoms with Gasteiger partial charge in [0.25, 0.3) is 0 Å². The standard InChI is InChI=1S/C14H22O3S/c1-5-10(2)18-9-12(15)11-6-7-13(16-3)14(8-11)17-4/h6-8,10,12,15H,5,9H2,1-4H3. The molecule has 0 radical (unpaired) electrons. The summed E-state index contributed by atoms with van der Waals surface area (Å²) in [5, 5.41) is 10.7. The van der Waals surface area contributed by atoms with Gasteiger partial charge >= 0.3 is 0 Å². The van der Waals surface area contributed by atoms with Gasteiger partial charge in [0.1, 0.15) is 0 Å². The molecule has 0 amide bonds. The Labute approximate surface area is 113 Å². The minimum absolute atomic E-state index is 0.469. The molecule has 1 rings (SSSR count). The normalized spacial score (nSPS) is 14.1. The molecular formula is C14H22O3S. The Hall–Kier alpha value is -0.870. The van der Waals surface area contributed by atoms with Gasteiger partial charge in [-0.05, 0) is 24.1 Å². The van der Waals surface area contributed by atoms with E-state index in [4.69, 9.17) is 9.47 Å². The molecule has 0 saturated heterocycles. The topological polar surface area (TPSA) is 38.7 Å². The van der Waals surface area contributed by atoms with Crippen LogP contribution in [0.2, 0.25) is 0 Å². The maximum absolute atomic E-state index is 10.1. The fraction of sp³-hybridized carbons (Fsp3) is 0.571. The largest absolute Gasteiger partial charge is 0.493 e. The van der Waals surface area contributed by atoms with Crippen LogP contribution in [0.25, 0.3) is 0 Å². The summed E-state index contributed by atoms with van der Waals surface area (Å²) in [6, 6.07) is 5.54. The molecule has 2 atom stereocenters. The molecule has 4 heteroatoms. The number of methoxy groups -OCH3 is 2. The fourth-order valence-corrected chi connectivity index (χ4v) is 2.47. The molecule has 18 heavy (non-hydrogen) atoms. The third-order valence-electron chi connectivity index (χ3n) is 2.91. The molecule has 0 spiro atoms. The maximum Gasteiger partial charge on any atom is 0.161 e. The molecule has 0 aliphatic heterocycles. The molecule has 1 aromatic carbocycles. The summed E-state index contributed by atoms with van der Waals surface area (Å²) in [5.41, 5.74) is 0.864. The fourth-order valence-electron chi connectivity index (χ4n) is 1.53. The lowest BCUT2D eigenvalue weighted by molar-refractivity contribution is 0.203. The third-order valence-corrected chi connectivity index (χ3v) is 4.32. The Bertz CT molecular complexity index is 368. The Morgan fingerprint density at radius 1 is 1.22 bits per heavy atom. The quantitative estimate of drug-likeness (QED) is 0.825. The molecule has 1 N–H and O–H groups in total. The van der Waals surface area contributed by atoms with Gasteiger partial charge in [-0.3, -0.25) is 0 Å². The lowest BCUT2D eigenvalue weighted by Crippen LogP contribution is -2.05. The number of ether oxygens (including phenoxy) is 2. The molecule has 0 heterocycles. The van der Waals surface area contributed by atoms with Crippen LogP contribution in [0.5, 0.6) is 11.5 Å². The van der Waals surface area contributed by atoms with Crippen LogP contribution in [0.3, 0.4) is 0 Å². The van der Waals surface area contributed by atoms with Crippen LogP contribution in [-0.2, 0) is 0 Å². The van der Waals surface area contributed by atoms with E-state index in [1.807, 2.05) is 18.2 Å². The van der Waals surface area contributed by atoms with Crippen molar-refractivity contribution in [3.63, 3.8) is 0 Å². The van der Waals surface area contributed by atoms with Crippen LogP contribution in [0.1, 0.15) is 31.9 Å². The zero-order chi connectivity index (χ0) is 13.5. The van der Waals surface area contributed by atoms with Crippen molar-refractivity contribution < 1.29 is 14.6 Å². The average Bonchev–Trinajstić information content (AvgIpc) is 2.43. The third kappa shape index (κ3) is 4.10. The van der Waals surface area contributed by atoms with Crippen molar-refractivity contribution in [1.82, 2.24) is 0 Å². The van der Waals surface area contributed by atoms with Gasteiger partial charge < -0.3 is 14.6 Å². The lowest BCUT2D eigenvalue weighted by atomic mass is 10.1. The molecule has 2 unspecified atom stereocenters. The van der Waals surface area contributed by atoms with E-state index in [1.165, 1.54) is 0 Å². The van der Waals surface area contributed by atoms with Gasteiger partial charge in [0, 0.05) is 11.0 Å². The van der Waals surface area contributed by atoms with Crippen LogP contribution in [-0.4, -0.2) is 30.3 Å². The van der Waals surface area contributed by atoms with Crippen molar-refractivity contribution >= 4 is 11.8 Å². The summed E-state index contributed by atoms with van der Waals surface area (Å²) in [5.74, 6) is 2.04. The van der Waals surface area contributed by atoms with E-state index in [0.717, 1.165) is 12.0 Å². The highest BCUT2D eigenvalue weighted by atomic mass is 32.2. The number of benzene rings is 1. The van der Waals surface area contributed by atoms with Gasteiger partial charge in [-0.15, -0.1) is 0 Å². The van der Waals surface area contributed by atoms with Crippen molar-refractivity contribution in [2.45, 2.75) is 31.6 Å². The Balaban J connectivity index is 2.70. The van der Waals surface area contributed by atoms with E-state index in [9.17, 15) is 5.11 Å². The minimum Gasteiger partial charge on any atom is -0.493 e. The minimum atomic E-state index is -0.469. The van der Waals surface area contributed by atoms with Crippen LogP contribution in [0.4, 0.5) is 0 Å². The summed E-state index contributed by atoms with van der Waals surface area (Å²) in [4.78, 5) is 0. The molecule has 0 fully saturated rings. The zero-order valence-electron chi connectivity index (χ0n) is 11.5. The van der Waals surface area contributed by atoms with Gasteiger partial charge in [0.15, 0.2) is 11.5 Å². The van der Waals surface area contributed by atoms with E-state index < -0.39 is 6.10 Å². The molecule has 0 aromatic heterocycles. The van der Waals surface area contributed by atoms with Gasteiger partial charge in [0.05, 0.1) is 20.3 Å². The SMILES string of the molecule is CCC(C)SCC(O)c1ccc(OC)c(OC)c1. The maximum atomic E-state index is 10.1. The van der Waals surface area contributed by atoms with Crippen molar-refractivity contribution in [3.05, 3.63) is 23.8 Å². The van der Waals surface area contributed by atoms with Crippen molar-refractivity contribution in [3.8, 4) is 11.5 Å². The number of aliphatic hydroxyl groups is 1. The Morgan fingerprint density at radius 3 is 2.44 bits per heavy atom. The molecule has 1 aromatic rings. The van der Waals surface area contributed by atoms with E-state index in [-0.39, 0.29) is 0 Å². The molecular weight excluding hydrogens is 248 g/mol. The van der Waals surface area contributed by atoms with Crippen molar-refractivity contribution in [2.24, 2.45) is 0 Å². The van der Waals surface area contributed by atoms with Crippen LogP contribution in [0.15, 0.2) is 18.2 Å². The highest BCUT2D eigenvalue weighted by Gasteiger charge is 2.13. The molecule has 0 aliphatic carbocycles. The summed E-state index contributed by atoms with van der Waals surface area (Å²) < 4.78 is 10.4. The van der Waals surface area contributed by atoms with Crippen molar-refractivity contribution in [1.29, 1.82) is 0 Å². The number of hydrogen-bond acceptors (Lipinski definition) is 4. The molecule has 3 nitrogen and oxygen atoms in total. The van der Waals surface area contributed by atoms with E-state index in [0.29, 0.717) is 22.5 Å². The summed E-state index contributed by atoms with van der Waals surface area (Å²) in [6.45, 7) is 4.33. The molecule has 0 aliphatic rings. The monoisotopic (exact) mass is 270 g/mol. The van der Waals surface area contributed by atoms with Crippen LogP contribution >= 0.6 is 11.8 Å². The highest BCUT2D eigenvalue weighted by molar-refractivity contribution is 7.99. The van der Waals surface area contributed by atoms with E-state index in [2.05, 4.69) is 13.8 Å². The Kier molecular flexibility index (Phi) is 6.36. The van der Waals surface area contributed by atoms with Gasteiger partial charge in [0.2, 0.25) is 0 Å². The zero-order valence-corrected chi connectivity index (χ0v) is 12.3. The second-order valence-electron chi connectivity index (χ2n) is 4.18. The Morgan fingerprint density at radius 2 is 1.89 bits per heavy atom. The second kappa shape index (κ2) is 7.54. The molecule has 0 bridgehead atoms. The van der Waals surface area contributed by atoms with Gasteiger partial charge in [-0.25, -0.2) is 0 Å². The van der Waals surface area contributed by atoms with Gasteiger partial charge in [-0.2, -0.15) is 11.8 Å². The van der Waals surface area contributed by atoms with E-state index >= 15 is 0 Å². The van der Waals surface area contributed by atoms with Crippen LogP contribution in [0, 0.1) is 0 Å². The predicted molar refractivity (Wildman–Crippen MR) is 76.7 cm³/mol. The molecule has 0 saturated carbocycles. The summed E-state index contributed by atoms with van der Waals surface area (Å²) >= 11 is 1.78. The first-order valence-corrected chi connectivity index (χ1v) is 7.18. The first-order chi connectivity index (χ1) is 8.62. The lowest BCUT2D eigenvalue weighted by Gasteiger charge is -2.15. The number of hydrogen-bond donors (Lipinski definition) is 1. The number of thioether (sulfide) groups is 1. The number of aliphatic hydroxyl groups excluding tert-OH is 1. The second-order valence-corrected chi connectivity index (χ2v) is 5.65. The van der Waals surface area contributed by atoms with Crippen molar-refractivity contribution in [2.75, 3.05) is 20.0 Å². The summed E-state index contributed by atoms with van der Waals surface area (Å²) in [7, 11) is 3.20. The molecule has 102 valence electrons. The predicted octanol–water partition coefficient (Wildman–Crippen LogP) is 3.27. The smallest absolute Gasteiger partial charge is 0.161 e. The summed E-state index contributed by atoms with van der Waals surface area (Å²) in [6.07, 6.45) is 0.646. The number of rotatable bonds is 7. The highest BCUT2D eigenvalue weighted by Crippen LogP contribution is 2.31. The first kappa shape index (κ1) is 15.2. The first-order valence-electron chi connectivity index (χ1n) is 6.13. The van der Waals surface area contributed by atoms with E-state index in [1.54, 1.807) is 26.0 Å².